The van der Waals surface area contributed by atoms with Crippen LogP contribution in [0, 0.1) is 0 Å². The normalized spacial score (nSPS) is 10.6. The molecule has 2 N–H and O–H groups in total. The molecular weight excluding hydrogens is 207 g/mol. The molecule has 0 fully saturated rings. The van der Waals surface area contributed by atoms with Crippen LogP contribution in [0.2, 0.25) is 0 Å². The van der Waals surface area contributed by atoms with Crippen LogP contribution >= 0.6 is 0 Å². The Hall–Kier alpha value is -0.831. The van der Waals surface area contributed by atoms with Crippen LogP contribution in [0.4, 0.5) is 0 Å². The van der Waals surface area contributed by atoms with E-state index in [2.05, 4.69) is 9.97 Å². The Morgan fingerprint density at radius 1 is 1.36 bits per heavy atom. The number of hydrogen-bond donors (Lipinski definition) is 2. The second-order valence-corrected chi connectivity index (χ2v) is 3.34. The molecule has 1 aromatic carbocycles. The monoisotopic (exact) mass is 214 g/mol. The van der Waals surface area contributed by atoms with E-state index in [9.17, 15) is 0 Å². The summed E-state index contributed by atoms with van der Waals surface area (Å²) in [4.78, 5) is 7.17. The van der Waals surface area contributed by atoms with Gasteiger partial charge in [0, 0.05) is 0 Å². The Morgan fingerprint density at radius 3 is 2.91 bits per heavy atom. The van der Waals surface area contributed by atoms with Gasteiger partial charge in [0.1, 0.15) is 0 Å². The molecule has 0 bridgehead atoms. The van der Waals surface area contributed by atoms with Gasteiger partial charge in [0.15, 0.2) is 0 Å². The summed E-state index contributed by atoms with van der Waals surface area (Å²) < 4.78 is 9.49. The molecule has 0 radical (unpaired) electrons. The van der Waals surface area contributed by atoms with Gasteiger partial charge in [-0.05, 0) is 0 Å². The molecule has 0 amide bonds. The zero-order valence-electron chi connectivity index (χ0n) is 5.61. The Bertz CT molecular complexity index is 338. The predicted molar refractivity (Wildman–Crippen MR) is 43.7 cm³/mol. The van der Waals surface area contributed by atoms with Crippen molar-refractivity contribution in [3.8, 4) is 0 Å². The van der Waals surface area contributed by atoms with Crippen LogP contribution in [0.1, 0.15) is 0 Å². The zero-order chi connectivity index (χ0) is 7.68. The first-order valence-corrected chi connectivity index (χ1v) is 4.78. The summed E-state index contributed by atoms with van der Waals surface area (Å²) in [7, 11) is 0. The summed E-state index contributed by atoms with van der Waals surface area (Å²) >= 11 is -0.529. The fourth-order valence-electron chi connectivity index (χ4n) is 0.973. The van der Waals surface area contributed by atoms with Gasteiger partial charge in [0.2, 0.25) is 0 Å². The van der Waals surface area contributed by atoms with Gasteiger partial charge in [0.05, 0.1) is 0 Å². The van der Waals surface area contributed by atoms with E-state index >= 15 is 0 Å². The minimum absolute atomic E-state index is 0.529. The van der Waals surface area contributed by atoms with Crippen LogP contribution in [-0.2, 0) is 0 Å². The Balaban J connectivity index is 2.69. The molecule has 11 heavy (non-hydrogen) atoms. The molecule has 2 rings (SSSR count). The Labute approximate surface area is 69.9 Å². The van der Waals surface area contributed by atoms with E-state index in [-0.39, 0.29) is 0 Å². The van der Waals surface area contributed by atoms with Crippen molar-refractivity contribution in [2.24, 2.45) is 0 Å². The molecule has 1 heterocycles. The fourth-order valence-corrected chi connectivity index (χ4v) is 1.59. The summed E-state index contributed by atoms with van der Waals surface area (Å²) in [6.07, 6.45) is 0. The third-order valence-electron chi connectivity index (χ3n) is 1.45. The van der Waals surface area contributed by atoms with Gasteiger partial charge < -0.3 is 0 Å². The molecule has 2 aromatic rings. The summed E-state index contributed by atoms with van der Waals surface area (Å²) in [6.45, 7) is 0. The van der Waals surface area contributed by atoms with Gasteiger partial charge >= 0.3 is 69.5 Å². The number of aromatic amines is 1. The van der Waals surface area contributed by atoms with Crippen LogP contribution in [0.25, 0.3) is 11.0 Å². The standard InChI is InChI=1S/C7H6N2OSe/c10-11-7-8-5-3-1-2-4-6(5)9-7/h1-4,10H,(H,8,9). The summed E-state index contributed by atoms with van der Waals surface area (Å²) in [5.41, 5.74) is 1.90. The number of rotatable bonds is 1. The summed E-state index contributed by atoms with van der Waals surface area (Å²) in [5.74, 6) is 0. The number of imidazole rings is 1. The molecule has 1 aromatic heterocycles. The molecule has 0 saturated carbocycles. The van der Waals surface area contributed by atoms with Crippen molar-refractivity contribution in [1.82, 2.24) is 9.97 Å². The van der Waals surface area contributed by atoms with E-state index in [1.165, 1.54) is 0 Å². The topological polar surface area (TPSA) is 48.9 Å². The number of benzene rings is 1. The Kier molecular flexibility index (Phi) is 1.66. The van der Waals surface area contributed by atoms with Crippen LogP contribution in [0.3, 0.4) is 0 Å². The van der Waals surface area contributed by atoms with Gasteiger partial charge in [-0.1, -0.05) is 0 Å². The van der Waals surface area contributed by atoms with Crippen LogP contribution in [-0.4, -0.2) is 29.4 Å². The molecule has 0 saturated heterocycles. The van der Waals surface area contributed by atoms with E-state index in [0.29, 0.717) is 4.72 Å². The molecule has 4 heteroatoms. The van der Waals surface area contributed by atoms with Crippen molar-refractivity contribution in [3.05, 3.63) is 24.3 Å². The van der Waals surface area contributed by atoms with Gasteiger partial charge in [-0.3, -0.25) is 0 Å². The molecule has 0 atom stereocenters. The number of fused-ring (bicyclic) bond motifs is 1. The molecule has 0 spiro atoms. The molecular formula is C7H6N2OSe. The molecule has 0 aliphatic carbocycles. The van der Waals surface area contributed by atoms with Crippen LogP contribution in [0.15, 0.2) is 24.3 Å². The number of aromatic nitrogens is 2. The first-order chi connectivity index (χ1) is 5.40. The number of hydrogen-bond acceptors (Lipinski definition) is 2. The zero-order valence-corrected chi connectivity index (χ0v) is 7.33. The number of nitrogens with one attached hydrogen (secondary N) is 1. The average molecular weight is 213 g/mol. The average Bonchev–Trinajstić information content (AvgIpc) is 2.46. The second kappa shape index (κ2) is 2.66. The van der Waals surface area contributed by atoms with Gasteiger partial charge in [-0.2, -0.15) is 0 Å². The SMILES string of the molecule is O[Se]c1nc2ccccc2[nH]1. The maximum atomic E-state index is 8.81. The summed E-state index contributed by atoms with van der Waals surface area (Å²) in [6, 6.07) is 7.73. The van der Waals surface area contributed by atoms with E-state index in [0.717, 1.165) is 11.0 Å². The minimum atomic E-state index is -0.529. The third kappa shape index (κ3) is 1.16. The van der Waals surface area contributed by atoms with Crippen molar-refractivity contribution < 1.29 is 4.19 Å². The first kappa shape index (κ1) is 6.85. The van der Waals surface area contributed by atoms with Crippen molar-refractivity contribution in [2.45, 2.75) is 0 Å². The van der Waals surface area contributed by atoms with Crippen molar-refractivity contribution >= 4 is 31.0 Å². The predicted octanol–water partition coefficient (Wildman–Crippen LogP) is -0.200. The fraction of sp³-hybridized carbons (Fsp3) is 0. The van der Waals surface area contributed by atoms with E-state index in [4.69, 9.17) is 4.19 Å². The van der Waals surface area contributed by atoms with Crippen molar-refractivity contribution in [3.63, 3.8) is 0 Å². The number of nitrogens with zero attached hydrogens (tertiary/aromatic N) is 1. The maximum absolute atomic E-state index is 8.81. The van der Waals surface area contributed by atoms with E-state index in [1.54, 1.807) is 0 Å². The number of H-pyrrole nitrogens is 1. The van der Waals surface area contributed by atoms with Gasteiger partial charge in [-0.15, -0.1) is 0 Å². The van der Waals surface area contributed by atoms with E-state index < -0.39 is 15.3 Å². The van der Waals surface area contributed by atoms with Crippen molar-refractivity contribution in [1.29, 1.82) is 0 Å². The Morgan fingerprint density at radius 2 is 2.18 bits per heavy atom. The van der Waals surface area contributed by atoms with Gasteiger partial charge in [0.25, 0.3) is 0 Å². The number of para-hydroxylation sites is 2. The van der Waals surface area contributed by atoms with Crippen molar-refractivity contribution in [2.75, 3.05) is 0 Å². The summed E-state index contributed by atoms with van der Waals surface area (Å²) in [5, 5.41) is 0. The second-order valence-electron chi connectivity index (χ2n) is 2.15. The van der Waals surface area contributed by atoms with Gasteiger partial charge in [-0.25, -0.2) is 0 Å². The quantitative estimate of drug-likeness (QED) is 0.644. The van der Waals surface area contributed by atoms with Crippen LogP contribution < -0.4 is 4.72 Å². The molecule has 0 aliphatic rings. The molecule has 56 valence electrons. The van der Waals surface area contributed by atoms with Crippen LogP contribution in [0.5, 0.6) is 0 Å². The third-order valence-corrected chi connectivity index (χ3v) is 2.22. The van der Waals surface area contributed by atoms with E-state index in [1.807, 2.05) is 24.3 Å². The molecule has 0 unspecified atom stereocenters. The molecule has 3 nitrogen and oxygen atoms in total. The first-order valence-electron chi connectivity index (χ1n) is 3.16. The molecule has 0 aliphatic heterocycles.